The van der Waals surface area contributed by atoms with Crippen LogP contribution < -0.4 is 5.73 Å². The minimum absolute atomic E-state index is 0. The summed E-state index contributed by atoms with van der Waals surface area (Å²) in [7, 11) is 0. The van der Waals surface area contributed by atoms with Crippen LogP contribution in [0.15, 0.2) is 29.3 Å². The topological polar surface area (TPSA) is 54.1 Å². The fourth-order valence-corrected chi connectivity index (χ4v) is 3.44. The predicted molar refractivity (Wildman–Crippen MR) is 113 cm³/mol. The van der Waals surface area contributed by atoms with E-state index in [0.29, 0.717) is 18.4 Å². The Morgan fingerprint density at radius 3 is 2.52 bits per heavy atom. The molecule has 1 aromatic rings. The number of hydrogen-bond donors (Lipinski definition) is 1. The lowest BCUT2D eigenvalue weighted by Gasteiger charge is -2.31. The maximum absolute atomic E-state index is 6.17. The number of halogens is 1. The molecule has 2 heterocycles. The highest BCUT2D eigenvalue weighted by molar-refractivity contribution is 14.0. The predicted octanol–water partition coefficient (Wildman–Crippen LogP) is 2.68. The molecule has 1 unspecified atom stereocenters. The fraction of sp³-hybridized carbons (Fsp3) is 0.632. The van der Waals surface area contributed by atoms with Crippen molar-refractivity contribution in [2.24, 2.45) is 16.6 Å². The molecule has 1 aromatic carbocycles. The summed E-state index contributed by atoms with van der Waals surface area (Å²) in [6.45, 7) is 9.77. The van der Waals surface area contributed by atoms with Crippen molar-refractivity contribution in [3.05, 3.63) is 35.4 Å². The normalized spacial score (nSPS) is 22.5. The first kappa shape index (κ1) is 20.5. The number of nitrogens with two attached hydrogens (primary N) is 1. The highest BCUT2D eigenvalue weighted by Gasteiger charge is 2.17. The third-order valence-corrected chi connectivity index (χ3v) is 4.94. The molecule has 2 saturated heterocycles. The third kappa shape index (κ3) is 6.42. The molecule has 2 aliphatic heterocycles. The Labute approximate surface area is 168 Å². The molecule has 140 valence electrons. The molecule has 0 bridgehead atoms. The van der Waals surface area contributed by atoms with Crippen molar-refractivity contribution in [2.75, 3.05) is 39.4 Å². The van der Waals surface area contributed by atoms with Gasteiger partial charge in [0.2, 0.25) is 0 Å². The van der Waals surface area contributed by atoms with Crippen LogP contribution in [0.25, 0.3) is 0 Å². The molecule has 5 nitrogen and oxygen atoms in total. The molecule has 25 heavy (non-hydrogen) atoms. The molecule has 0 radical (unpaired) electrons. The summed E-state index contributed by atoms with van der Waals surface area (Å²) >= 11 is 0. The molecule has 0 spiro atoms. The fourth-order valence-electron chi connectivity index (χ4n) is 3.44. The monoisotopic (exact) mass is 458 g/mol. The Balaban J connectivity index is 0.00000225. The number of piperidine rings is 1. The van der Waals surface area contributed by atoms with Gasteiger partial charge in [-0.05, 0) is 29.9 Å². The Bertz CT molecular complexity index is 543. The summed E-state index contributed by atoms with van der Waals surface area (Å²) in [5.74, 6) is 1.41. The number of nitrogens with zero attached hydrogens (tertiary/aromatic N) is 3. The van der Waals surface area contributed by atoms with Crippen LogP contribution in [0.5, 0.6) is 0 Å². The minimum Gasteiger partial charge on any atom is -0.379 e. The second-order valence-electron chi connectivity index (χ2n) is 7.07. The van der Waals surface area contributed by atoms with Crippen molar-refractivity contribution < 1.29 is 4.74 Å². The lowest BCUT2D eigenvalue weighted by atomic mass is 10.0. The molecule has 0 saturated carbocycles. The number of benzene rings is 1. The van der Waals surface area contributed by atoms with Crippen LogP contribution in [-0.4, -0.2) is 55.2 Å². The highest BCUT2D eigenvalue weighted by atomic mass is 127. The Morgan fingerprint density at radius 1 is 1.16 bits per heavy atom. The molecule has 1 atom stereocenters. The maximum Gasteiger partial charge on any atom is 0.191 e. The van der Waals surface area contributed by atoms with E-state index in [4.69, 9.17) is 10.5 Å². The maximum atomic E-state index is 6.17. The zero-order chi connectivity index (χ0) is 16.8. The summed E-state index contributed by atoms with van der Waals surface area (Å²) < 4.78 is 5.40. The zero-order valence-corrected chi connectivity index (χ0v) is 17.5. The molecular formula is C19H31IN4O. The average molecular weight is 458 g/mol. The van der Waals surface area contributed by atoms with Crippen LogP contribution >= 0.6 is 24.0 Å². The smallest absolute Gasteiger partial charge is 0.191 e. The molecule has 0 aliphatic carbocycles. The number of ether oxygens (including phenoxy) is 1. The quantitative estimate of drug-likeness (QED) is 0.429. The van der Waals surface area contributed by atoms with Crippen molar-refractivity contribution in [3.8, 4) is 0 Å². The summed E-state index contributed by atoms with van der Waals surface area (Å²) in [6.07, 6.45) is 2.52. The number of aliphatic imine (C=N–C) groups is 1. The number of guanidine groups is 1. The van der Waals surface area contributed by atoms with E-state index in [9.17, 15) is 0 Å². The molecule has 3 rings (SSSR count). The number of rotatable bonds is 4. The van der Waals surface area contributed by atoms with Crippen molar-refractivity contribution in [1.82, 2.24) is 9.80 Å². The van der Waals surface area contributed by atoms with Gasteiger partial charge in [0.15, 0.2) is 5.96 Å². The minimum atomic E-state index is 0. The van der Waals surface area contributed by atoms with Crippen LogP contribution in [0, 0.1) is 5.92 Å². The van der Waals surface area contributed by atoms with Gasteiger partial charge in [0.05, 0.1) is 19.8 Å². The molecule has 2 fully saturated rings. The van der Waals surface area contributed by atoms with Gasteiger partial charge in [-0.1, -0.05) is 31.2 Å². The van der Waals surface area contributed by atoms with Gasteiger partial charge in [-0.25, -0.2) is 4.99 Å². The SMILES string of the molecule is CC1CCCN(C(N)=NCc2ccc(CN3CCOCC3)cc2)C1.I. The molecule has 6 heteroatoms. The number of morpholine rings is 1. The van der Waals surface area contributed by atoms with Gasteiger partial charge in [-0.3, -0.25) is 4.90 Å². The first-order chi connectivity index (χ1) is 11.7. The molecule has 0 amide bonds. The van der Waals surface area contributed by atoms with Crippen LogP contribution in [0.1, 0.15) is 30.9 Å². The van der Waals surface area contributed by atoms with Gasteiger partial charge in [0.25, 0.3) is 0 Å². The number of hydrogen-bond acceptors (Lipinski definition) is 3. The van der Waals surface area contributed by atoms with E-state index < -0.39 is 0 Å². The van der Waals surface area contributed by atoms with Crippen LogP contribution in [0.4, 0.5) is 0 Å². The van der Waals surface area contributed by atoms with Gasteiger partial charge in [-0.2, -0.15) is 0 Å². The Kier molecular flexibility index (Phi) is 8.45. The summed E-state index contributed by atoms with van der Waals surface area (Å²) in [5.41, 5.74) is 8.74. The summed E-state index contributed by atoms with van der Waals surface area (Å²) in [6, 6.07) is 8.76. The van der Waals surface area contributed by atoms with Gasteiger partial charge >= 0.3 is 0 Å². The van der Waals surface area contributed by atoms with E-state index in [1.54, 1.807) is 0 Å². The van der Waals surface area contributed by atoms with E-state index >= 15 is 0 Å². The van der Waals surface area contributed by atoms with Gasteiger partial charge < -0.3 is 15.4 Å². The van der Waals surface area contributed by atoms with Crippen molar-refractivity contribution in [3.63, 3.8) is 0 Å². The van der Waals surface area contributed by atoms with E-state index in [1.807, 2.05) is 0 Å². The Hall–Kier alpha value is -0.860. The lowest BCUT2D eigenvalue weighted by molar-refractivity contribution is 0.0342. The van der Waals surface area contributed by atoms with E-state index in [2.05, 4.69) is 46.0 Å². The Morgan fingerprint density at radius 2 is 1.84 bits per heavy atom. The first-order valence-corrected chi connectivity index (χ1v) is 9.13. The second kappa shape index (κ2) is 10.3. The van der Waals surface area contributed by atoms with Gasteiger partial charge in [0, 0.05) is 32.7 Å². The first-order valence-electron chi connectivity index (χ1n) is 9.13. The van der Waals surface area contributed by atoms with Gasteiger partial charge in [-0.15, -0.1) is 24.0 Å². The van der Waals surface area contributed by atoms with E-state index in [-0.39, 0.29) is 24.0 Å². The van der Waals surface area contributed by atoms with Gasteiger partial charge in [0.1, 0.15) is 0 Å². The van der Waals surface area contributed by atoms with E-state index in [0.717, 1.165) is 45.9 Å². The summed E-state index contributed by atoms with van der Waals surface area (Å²) in [4.78, 5) is 9.25. The third-order valence-electron chi connectivity index (χ3n) is 4.94. The van der Waals surface area contributed by atoms with Crippen molar-refractivity contribution >= 4 is 29.9 Å². The van der Waals surface area contributed by atoms with Crippen LogP contribution in [0.2, 0.25) is 0 Å². The van der Waals surface area contributed by atoms with Crippen LogP contribution in [0.3, 0.4) is 0 Å². The molecule has 2 N–H and O–H groups in total. The highest BCUT2D eigenvalue weighted by Crippen LogP contribution is 2.15. The van der Waals surface area contributed by atoms with E-state index in [1.165, 1.54) is 24.0 Å². The standard InChI is InChI=1S/C19H30N4O.HI/c1-16-3-2-8-23(14-16)19(20)21-13-17-4-6-18(7-5-17)15-22-9-11-24-12-10-22;/h4-7,16H,2-3,8-15H2,1H3,(H2,20,21);1H. The lowest BCUT2D eigenvalue weighted by Crippen LogP contribution is -2.43. The molecule has 2 aliphatic rings. The molecular weight excluding hydrogens is 427 g/mol. The zero-order valence-electron chi connectivity index (χ0n) is 15.2. The second-order valence-corrected chi connectivity index (χ2v) is 7.07. The van der Waals surface area contributed by atoms with Crippen molar-refractivity contribution in [1.29, 1.82) is 0 Å². The summed E-state index contributed by atoms with van der Waals surface area (Å²) in [5, 5.41) is 0. The average Bonchev–Trinajstić information content (AvgIpc) is 2.62. The largest absolute Gasteiger partial charge is 0.379 e. The van der Waals surface area contributed by atoms with Crippen molar-refractivity contribution in [2.45, 2.75) is 32.9 Å². The van der Waals surface area contributed by atoms with Crippen LogP contribution in [-0.2, 0) is 17.8 Å². The number of likely N-dealkylation sites (tertiary alicyclic amines) is 1. The molecule has 0 aromatic heterocycles.